The summed E-state index contributed by atoms with van der Waals surface area (Å²) in [6.07, 6.45) is 0.399. The molecule has 0 bridgehead atoms. The molecule has 0 radical (unpaired) electrons. The van der Waals surface area contributed by atoms with Crippen LogP contribution in [0.5, 0.6) is 0 Å². The summed E-state index contributed by atoms with van der Waals surface area (Å²) >= 11 is 0. The van der Waals surface area contributed by atoms with Crippen LogP contribution in [0, 0.1) is 23.7 Å². The van der Waals surface area contributed by atoms with Crippen molar-refractivity contribution in [1.29, 1.82) is 0 Å². The molecule has 1 aliphatic rings. The van der Waals surface area contributed by atoms with Crippen LogP contribution in [0.3, 0.4) is 0 Å². The summed E-state index contributed by atoms with van der Waals surface area (Å²) in [5, 5.41) is 0. The molecule has 1 fully saturated rings. The highest BCUT2D eigenvalue weighted by Gasteiger charge is 2.49. The second-order valence-corrected chi connectivity index (χ2v) is 5.97. The highest BCUT2D eigenvalue weighted by Crippen LogP contribution is 2.41. The van der Waals surface area contributed by atoms with Gasteiger partial charge in [0.05, 0.1) is 37.6 Å². The average molecular weight is 356 g/mol. The van der Waals surface area contributed by atoms with Gasteiger partial charge in [0.15, 0.2) is 0 Å². The molecule has 1 saturated carbocycles. The Morgan fingerprint density at radius 1 is 0.640 bits per heavy atom. The van der Waals surface area contributed by atoms with E-state index in [1.165, 1.54) is 0 Å². The minimum Gasteiger partial charge on any atom is -0.466 e. The van der Waals surface area contributed by atoms with Crippen LogP contribution >= 0.6 is 0 Å². The van der Waals surface area contributed by atoms with Crippen molar-refractivity contribution in [2.45, 2.75) is 47.0 Å². The lowest BCUT2D eigenvalue weighted by molar-refractivity contribution is -0.170. The molecule has 0 aromatic carbocycles. The summed E-state index contributed by atoms with van der Waals surface area (Å²) in [6, 6.07) is 0. The molecule has 0 amide bonds. The number of hydrogen-bond donors (Lipinski definition) is 0. The zero-order valence-corrected chi connectivity index (χ0v) is 15.4. The first-order chi connectivity index (χ1) is 11.9. The Bertz CT molecular complexity index is 500. The normalized spacial score (nSPS) is 25.8. The number of hydrogen-bond acceptors (Lipinski definition) is 7. The SMILES string of the molecule is CCOC(=O)C1CC(C(=O)OCC)C(C(=O)OCC)CC1C(=O)CC. The number of carbonyl (C=O) groups excluding carboxylic acids is 4. The summed E-state index contributed by atoms with van der Waals surface area (Å²) in [4.78, 5) is 49.3. The first-order valence-electron chi connectivity index (χ1n) is 8.93. The lowest BCUT2D eigenvalue weighted by Gasteiger charge is -2.37. The van der Waals surface area contributed by atoms with E-state index in [0.717, 1.165) is 0 Å². The smallest absolute Gasteiger partial charge is 0.309 e. The van der Waals surface area contributed by atoms with Crippen molar-refractivity contribution in [2.24, 2.45) is 23.7 Å². The maximum absolute atomic E-state index is 12.3. The highest BCUT2D eigenvalue weighted by atomic mass is 16.5. The number of rotatable bonds is 8. The summed E-state index contributed by atoms with van der Waals surface area (Å²) in [5.41, 5.74) is 0. The number of ketones is 1. The molecular formula is C18H28O7. The molecule has 0 spiro atoms. The highest BCUT2D eigenvalue weighted by molar-refractivity contribution is 5.90. The van der Waals surface area contributed by atoms with E-state index >= 15 is 0 Å². The Labute approximate surface area is 148 Å². The van der Waals surface area contributed by atoms with E-state index in [2.05, 4.69) is 0 Å². The summed E-state index contributed by atoms with van der Waals surface area (Å²) in [6.45, 7) is 7.28. The van der Waals surface area contributed by atoms with Crippen molar-refractivity contribution in [2.75, 3.05) is 19.8 Å². The van der Waals surface area contributed by atoms with Gasteiger partial charge in [-0.15, -0.1) is 0 Å². The van der Waals surface area contributed by atoms with Gasteiger partial charge in [0.1, 0.15) is 5.78 Å². The maximum atomic E-state index is 12.3. The molecular weight excluding hydrogens is 328 g/mol. The van der Waals surface area contributed by atoms with Crippen LogP contribution in [-0.2, 0) is 33.4 Å². The van der Waals surface area contributed by atoms with Crippen molar-refractivity contribution in [3.8, 4) is 0 Å². The Morgan fingerprint density at radius 3 is 1.28 bits per heavy atom. The lowest BCUT2D eigenvalue weighted by Crippen LogP contribution is -2.46. The van der Waals surface area contributed by atoms with Gasteiger partial charge in [0.25, 0.3) is 0 Å². The molecule has 4 unspecified atom stereocenters. The van der Waals surface area contributed by atoms with Crippen LogP contribution in [0.15, 0.2) is 0 Å². The van der Waals surface area contributed by atoms with E-state index < -0.39 is 41.6 Å². The van der Waals surface area contributed by atoms with Gasteiger partial charge in [-0.3, -0.25) is 19.2 Å². The molecule has 0 heterocycles. The van der Waals surface area contributed by atoms with Crippen LogP contribution in [0.2, 0.25) is 0 Å². The molecule has 142 valence electrons. The van der Waals surface area contributed by atoms with Gasteiger partial charge in [-0.05, 0) is 33.6 Å². The average Bonchev–Trinajstić information content (AvgIpc) is 2.60. The zero-order valence-electron chi connectivity index (χ0n) is 15.4. The van der Waals surface area contributed by atoms with Crippen molar-refractivity contribution < 1.29 is 33.4 Å². The van der Waals surface area contributed by atoms with Gasteiger partial charge in [-0.1, -0.05) is 6.92 Å². The molecule has 0 aliphatic heterocycles. The Kier molecular flexibility index (Phi) is 8.58. The van der Waals surface area contributed by atoms with Crippen LogP contribution in [0.4, 0.5) is 0 Å². The molecule has 0 saturated heterocycles. The fraction of sp³-hybridized carbons (Fsp3) is 0.778. The van der Waals surface area contributed by atoms with Crippen molar-refractivity contribution in [3.63, 3.8) is 0 Å². The van der Waals surface area contributed by atoms with E-state index in [0.29, 0.717) is 0 Å². The number of esters is 3. The Morgan fingerprint density at radius 2 is 0.960 bits per heavy atom. The van der Waals surface area contributed by atoms with Gasteiger partial charge >= 0.3 is 17.9 Å². The van der Waals surface area contributed by atoms with Gasteiger partial charge < -0.3 is 14.2 Å². The first-order valence-corrected chi connectivity index (χ1v) is 8.93. The van der Waals surface area contributed by atoms with Gasteiger partial charge in [-0.2, -0.15) is 0 Å². The monoisotopic (exact) mass is 356 g/mol. The molecule has 1 rings (SSSR count). The molecule has 1 aliphatic carbocycles. The van der Waals surface area contributed by atoms with Gasteiger partial charge in [-0.25, -0.2) is 0 Å². The summed E-state index contributed by atoms with van der Waals surface area (Å²) in [7, 11) is 0. The number of ether oxygens (including phenoxy) is 3. The summed E-state index contributed by atoms with van der Waals surface area (Å²) < 4.78 is 15.2. The van der Waals surface area contributed by atoms with Crippen molar-refractivity contribution in [3.05, 3.63) is 0 Å². The van der Waals surface area contributed by atoms with Gasteiger partial charge in [0.2, 0.25) is 0 Å². The minimum atomic E-state index is -0.811. The lowest BCUT2D eigenvalue weighted by atomic mass is 9.66. The van der Waals surface area contributed by atoms with Crippen molar-refractivity contribution >= 4 is 23.7 Å². The standard InChI is InChI=1S/C18H28O7/c1-5-15(19)11-9-13(17(21)24-7-3)14(18(22)25-8-4)10-12(11)16(20)23-6-2/h11-14H,5-10H2,1-4H3. The Hall–Kier alpha value is -1.92. The fourth-order valence-electron chi connectivity index (χ4n) is 3.35. The Balaban J connectivity index is 3.16. The van der Waals surface area contributed by atoms with Gasteiger partial charge in [0, 0.05) is 12.3 Å². The molecule has 7 nitrogen and oxygen atoms in total. The minimum absolute atomic E-state index is 0.0531. The molecule has 0 aromatic heterocycles. The third-order valence-corrected chi connectivity index (χ3v) is 4.52. The fourth-order valence-corrected chi connectivity index (χ4v) is 3.35. The third-order valence-electron chi connectivity index (χ3n) is 4.52. The zero-order chi connectivity index (χ0) is 19.0. The topological polar surface area (TPSA) is 96.0 Å². The van der Waals surface area contributed by atoms with Crippen LogP contribution in [0.1, 0.15) is 47.0 Å². The number of Topliss-reactive ketones (excluding diaryl/α,β-unsaturated/α-hetero) is 1. The van der Waals surface area contributed by atoms with E-state index in [1.54, 1.807) is 27.7 Å². The first kappa shape index (κ1) is 21.1. The van der Waals surface area contributed by atoms with Crippen LogP contribution in [-0.4, -0.2) is 43.5 Å². The summed E-state index contributed by atoms with van der Waals surface area (Å²) in [5.74, 6) is -4.69. The quantitative estimate of drug-likeness (QED) is 0.484. The van der Waals surface area contributed by atoms with Crippen LogP contribution < -0.4 is 0 Å². The largest absolute Gasteiger partial charge is 0.466 e. The predicted octanol–water partition coefficient (Wildman–Crippen LogP) is 1.91. The molecule has 25 heavy (non-hydrogen) atoms. The molecule has 0 aromatic rings. The second kappa shape index (κ2) is 10.2. The van der Waals surface area contributed by atoms with E-state index in [1.807, 2.05) is 0 Å². The maximum Gasteiger partial charge on any atom is 0.309 e. The van der Waals surface area contributed by atoms with Crippen LogP contribution in [0.25, 0.3) is 0 Å². The van der Waals surface area contributed by atoms with E-state index in [-0.39, 0.29) is 44.9 Å². The third kappa shape index (κ3) is 5.28. The second-order valence-electron chi connectivity index (χ2n) is 5.97. The predicted molar refractivity (Wildman–Crippen MR) is 88.4 cm³/mol. The molecule has 0 N–H and O–H groups in total. The van der Waals surface area contributed by atoms with Crippen molar-refractivity contribution in [1.82, 2.24) is 0 Å². The van der Waals surface area contributed by atoms with E-state index in [4.69, 9.17) is 14.2 Å². The van der Waals surface area contributed by atoms with E-state index in [9.17, 15) is 19.2 Å². The molecule has 4 atom stereocenters. The molecule has 7 heteroatoms. The number of carbonyl (C=O) groups is 4.